The molecule has 0 bridgehead atoms. The molecular formula is C12H12Cl2F3N3O2. The second kappa shape index (κ2) is 7.15. The number of benzene rings is 1. The van der Waals surface area contributed by atoms with Gasteiger partial charge in [0.15, 0.2) is 0 Å². The van der Waals surface area contributed by atoms with Crippen LogP contribution in [0.4, 0.5) is 24.5 Å². The van der Waals surface area contributed by atoms with Crippen molar-refractivity contribution in [3.63, 3.8) is 0 Å². The molecule has 0 saturated heterocycles. The monoisotopic (exact) mass is 357 g/mol. The van der Waals surface area contributed by atoms with Gasteiger partial charge in [0.05, 0.1) is 15.6 Å². The second-order valence-electron chi connectivity index (χ2n) is 4.12. The first-order chi connectivity index (χ1) is 10.1. The zero-order chi connectivity index (χ0) is 17.1. The number of nitrogens with zero attached hydrogens (tertiary/aromatic N) is 3. The van der Waals surface area contributed by atoms with E-state index in [1.165, 1.54) is 0 Å². The third-order valence-corrected chi connectivity index (χ3v) is 3.36. The molecule has 0 amide bonds. The Balaban J connectivity index is 3.44. The SMILES string of the molecule is CCN(CC)/C(=N/c1cc(Cl)c([N+](=O)[O-])cc1Cl)C(F)(F)F. The number of hydrogen-bond donors (Lipinski definition) is 0. The van der Waals surface area contributed by atoms with E-state index in [2.05, 4.69) is 4.99 Å². The quantitative estimate of drug-likeness (QED) is 0.335. The zero-order valence-electron chi connectivity index (χ0n) is 11.6. The summed E-state index contributed by atoms with van der Waals surface area (Å²) in [7, 11) is 0. The van der Waals surface area contributed by atoms with Gasteiger partial charge in [-0.25, -0.2) is 4.99 Å². The van der Waals surface area contributed by atoms with Crippen LogP contribution in [0, 0.1) is 10.1 Å². The van der Waals surface area contributed by atoms with Crippen molar-refractivity contribution in [2.45, 2.75) is 20.0 Å². The smallest absolute Gasteiger partial charge is 0.353 e. The average Bonchev–Trinajstić information content (AvgIpc) is 2.40. The van der Waals surface area contributed by atoms with Crippen LogP contribution in [-0.4, -0.2) is 34.9 Å². The van der Waals surface area contributed by atoms with Gasteiger partial charge >= 0.3 is 6.18 Å². The molecule has 1 rings (SSSR count). The zero-order valence-corrected chi connectivity index (χ0v) is 13.1. The highest BCUT2D eigenvalue weighted by Crippen LogP contribution is 2.36. The highest BCUT2D eigenvalue weighted by atomic mass is 35.5. The van der Waals surface area contributed by atoms with Crippen LogP contribution in [0.3, 0.4) is 0 Å². The summed E-state index contributed by atoms with van der Waals surface area (Å²) in [5.41, 5.74) is -0.779. The van der Waals surface area contributed by atoms with Gasteiger partial charge in [-0.3, -0.25) is 10.1 Å². The van der Waals surface area contributed by atoms with Gasteiger partial charge in [-0.05, 0) is 19.9 Å². The molecule has 0 spiro atoms. The topological polar surface area (TPSA) is 58.7 Å². The molecule has 0 unspecified atom stereocenters. The van der Waals surface area contributed by atoms with Crippen molar-refractivity contribution in [3.8, 4) is 0 Å². The van der Waals surface area contributed by atoms with Crippen LogP contribution in [0.15, 0.2) is 17.1 Å². The lowest BCUT2D eigenvalue weighted by molar-refractivity contribution is -0.384. The largest absolute Gasteiger partial charge is 0.449 e. The third kappa shape index (κ3) is 4.23. The summed E-state index contributed by atoms with van der Waals surface area (Å²) >= 11 is 11.5. The molecule has 0 aliphatic heterocycles. The van der Waals surface area contributed by atoms with Gasteiger partial charge in [-0.1, -0.05) is 23.2 Å². The van der Waals surface area contributed by atoms with Gasteiger partial charge in [0.1, 0.15) is 5.02 Å². The van der Waals surface area contributed by atoms with Gasteiger partial charge in [-0.2, -0.15) is 13.2 Å². The number of rotatable bonds is 4. The Morgan fingerprint density at radius 1 is 1.27 bits per heavy atom. The van der Waals surface area contributed by atoms with Crippen LogP contribution < -0.4 is 0 Å². The number of aliphatic imine (C=N–C) groups is 1. The lowest BCUT2D eigenvalue weighted by atomic mass is 10.3. The first kappa shape index (κ1) is 18.5. The molecule has 0 heterocycles. The third-order valence-electron chi connectivity index (χ3n) is 2.76. The standard InChI is InChI=1S/C12H12Cl2F3N3O2/c1-3-19(4-2)11(12(15,16)17)18-9-5-8(14)10(20(21)22)6-7(9)13/h5-6H,3-4H2,1-2H3/b18-11+. The van der Waals surface area contributed by atoms with E-state index in [1.54, 1.807) is 13.8 Å². The first-order valence-corrected chi connectivity index (χ1v) is 6.91. The van der Waals surface area contributed by atoms with E-state index in [1.807, 2.05) is 0 Å². The molecule has 5 nitrogen and oxygen atoms in total. The van der Waals surface area contributed by atoms with Crippen LogP contribution in [-0.2, 0) is 0 Å². The fourth-order valence-electron chi connectivity index (χ4n) is 1.70. The Hall–Kier alpha value is -1.54. The fourth-order valence-corrected chi connectivity index (χ4v) is 2.13. The predicted octanol–water partition coefficient (Wildman–Crippen LogP) is 4.84. The minimum Gasteiger partial charge on any atom is -0.353 e. The lowest BCUT2D eigenvalue weighted by Gasteiger charge is -2.24. The maximum Gasteiger partial charge on any atom is 0.449 e. The average molecular weight is 358 g/mol. The maximum absolute atomic E-state index is 13.1. The minimum absolute atomic E-state index is 0.0905. The van der Waals surface area contributed by atoms with Gasteiger partial charge in [0.2, 0.25) is 5.84 Å². The van der Waals surface area contributed by atoms with Crippen LogP contribution in [0.5, 0.6) is 0 Å². The van der Waals surface area contributed by atoms with Crippen molar-refractivity contribution in [3.05, 3.63) is 32.3 Å². The van der Waals surface area contributed by atoms with E-state index in [-0.39, 0.29) is 28.8 Å². The number of halogens is 5. The maximum atomic E-state index is 13.1. The molecular weight excluding hydrogens is 346 g/mol. The van der Waals surface area contributed by atoms with E-state index in [9.17, 15) is 23.3 Å². The molecule has 22 heavy (non-hydrogen) atoms. The Morgan fingerprint density at radius 3 is 2.23 bits per heavy atom. The Kier molecular flexibility index (Phi) is 6.01. The van der Waals surface area contributed by atoms with Crippen molar-refractivity contribution < 1.29 is 18.1 Å². The number of hydrogen-bond acceptors (Lipinski definition) is 3. The van der Waals surface area contributed by atoms with Crippen LogP contribution >= 0.6 is 23.2 Å². The molecule has 1 aromatic carbocycles. The summed E-state index contributed by atoms with van der Waals surface area (Å²) in [6.07, 6.45) is -4.69. The van der Waals surface area contributed by atoms with E-state index in [0.717, 1.165) is 17.0 Å². The van der Waals surface area contributed by atoms with Crippen molar-refractivity contribution >= 4 is 40.4 Å². The molecule has 0 radical (unpaired) electrons. The summed E-state index contributed by atoms with van der Waals surface area (Å²) in [5, 5.41) is 10.1. The van der Waals surface area contributed by atoms with Gasteiger partial charge < -0.3 is 4.90 Å². The minimum atomic E-state index is -4.69. The number of nitro groups is 1. The first-order valence-electron chi connectivity index (χ1n) is 6.16. The summed E-state index contributed by atoms with van der Waals surface area (Å²) in [4.78, 5) is 14.4. The molecule has 10 heteroatoms. The molecule has 0 aromatic heterocycles. The molecule has 0 atom stereocenters. The molecule has 0 saturated carbocycles. The van der Waals surface area contributed by atoms with Gasteiger partial charge in [0, 0.05) is 19.2 Å². The highest BCUT2D eigenvalue weighted by Gasteiger charge is 2.39. The van der Waals surface area contributed by atoms with Crippen molar-refractivity contribution in [1.82, 2.24) is 4.90 Å². The number of nitro benzene ring substituents is 1. The molecule has 0 N–H and O–H groups in total. The van der Waals surface area contributed by atoms with E-state index in [4.69, 9.17) is 23.2 Å². The van der Waals surface area contributed by atoms with Gasteiger partial charge in [0.25, 0.3) is 5.69 Å². The Labute approximate surface area is 134 Å². The van der Waals surface area contributed by atoms with Crippen LogP contribution in [0.2, 0.25) is 10.0 Å². The number of alkyl halides is 3. The molecule has 0 fully saturated rings. The van der Waals surface area contributed by atoms with Crippen LogP contribution in [0.1, 0.15) is 13.8 Å². The molecule has 1 aromatic rings. The van der Waals surface area contributed by atoms with Gasteiger partial charge in [-0.15, -0.1) is 0 Å². The van der Waals surface area contributed by atoms with E-state index in [0.29, 0.717) is 0 Å². The second-order valence-corrected chi connectivity index (χ2v) is 4.93. The van der Waals surface area contributed by atoms with Crippen molar-refractivity contribution in [2.24, 2.45) is 4.99 Å². The summed E-state index contributed by atoms with van der Waals surface area (Å²) in [6, 6.07) is 1.82. The summed E-state index contributed by atoms with van der Waals surface area (Å²) in [5.74, 6) is -1.13. The summed E-state index contributed by atoms with van der Waals surface area (Å²) in [6.45, 7) is 3.28. The highest BCUT2D eigenvalue weighted by molar-refractivity contribution is 6.36. The Morgan fingerprint density at radius 2 is 1.82 bits per heavy atom. The van der Waals surface area contributed by atoms with E-state index < -0.39 is 22.6 Å². The molecule has 0 aliphatic carbocycles. The molecule has 0 aliphatic rings. The fraction of sp³-hybridized carbons (Fsp3) is 0.417. The van der Waals surface area contributed by atoms with Crippen LogP contribution in [0.25, 0.3) is 0 Å². The lowest BCUT2D eigenvalue weighted by Crippen LogP contribution is -2.41. The predicted molar refractivity (Wildman–Crippen MR) is 79.2 cm³/mol. The number of amidine groups is 1. The normalized spacial score (nSPS) is 12.4. The van der Waals surface area contributed by atoms with Crippen molar-refractivity contribution in [2.75, 3.05) is 13.1 Å². The van der Waals surface area contributed by atoms with E-state index >= 15 is 0 Å². The summed E-state index contributed by atoms with van der Waals surface area (Å²) < 4.78 is 39.3. The van der Waals surface area contributed by atoms with Crippen molar-refractivity contribution in [1.29, 1.82) is 0 Å². The molecule has 122 valence electrons. The Bertz CT molecular complexity index is 602.